The molecule has 4 atom stereocenters. The zero-order chi connectivity index (χ0) is 17.4. The van der Waals surface area contributed by atoms with Gasteiger partial charge in [-0.25, -0.2) is 8.42 Å². The summed E-state index contributed by atoms with van der Waals surface area (Å²) in [5, 5.41) is -5.26. The van der Waals surface area contributed by atoms with E-state index in [-0.39, 0.29) is 0 Å². The van der Waals surface area contributed by atoms with Gasteiger partial charge in [0.2, 0.25) is 0 Å². The van der Waals surface area contributed by atoms with Gasteiger partial charge in [0.05, 0.1) is 0 Å². The van der Waals surface area contributed by atoms with Crippen molar-refractivity contribution in [1.82, 2.24) is 0 Å². The summed E-state index contributed by atoms with van der Waals surface area (Å²) in [7, 11) is -16.9. The van der Waals surface area contributed by atoms with Crippen LogP contribution in [0.4, 0.5) is 13.2 Å². The zero-order valence-electron chi connectivity index (χ0n) is 10.3. The predicted molar refractivity (Wildman–Crippen MR) is 65.6 cm³/mol. The molecule has 1 fully saturated rings. The Bertz CT molecular complexity index is 838. The van der Waals surface area contributed by atoms with Crippen LogP contribution < -0.4 is 0 Å². The summed E-state index contributed by atoms with van der Waals surface area (Å²) >= 11 is 0. The molecule has 0 spiro atoms. The van der Waals surface area contributed by atoms with Crippen molar-refractivity contribution in [3.8, 4) is 0 Å². The fourth-order valence-electron chi connectivity index (χ4n) is 3.10. The monoisotopic (exact) mass is 386 g/mol. The van der Waals surface area contributed by atoms with Crippen molar-refractivity contribution >= 4 is 30.1 Å². The number of halogens is 3. The van der Waals surface area contributed by atoms with E-state index in [1.54, 1.807) is 0 Å². The van der Waals surface area contributed by atoms with E-state index in [1.807, 2.05) is 0 Å². The summed E-state index contributed by atoms with van der Waals surface area (Å²) in [6, 6.07) is 0. The molecule has 2 bridgehead atoms. The smallest absolute Gasteiger partial charge is 0.285 e. The fraction of sp³-hybridized carbons (Fsp3) is 0.750. The van der Waals surface area contributed by atoms with E-state index < -0.39 is 63.2 Å². The van der Waals surface area contributed by atoms with Crippen molar-refractivity contribution in [1.29, 1.82) is 0 Å². The molecular formula is C8H9F3O8S3. The average Bonchev–Trinajstić information content (AvgIpc) is 2.81. The fourth-order valence-corrected chi connectivity index (χ4v) is 8.73. The van der Waals surface area contributed by atoms with Crippen LogP contribution in [0.3, 0.4) is 0 Å². The standard InChI is InChI=1S/C8H9F3O8S3/c9-8(10,11)22(18,19)7-2-1-4(3-7)5(20(12,13)14)6(7)21(15,16)17/h1-2,4-6H,3H2,(H,12,13,14)(H,15,16,17). The van der Waals surface area contributed by atoms with Gasteiger partial charge in [0.25, 0.3) is 30.1 Å². The highest BCUT2D eigenvalue weighted by molar-refractivity contribution is 7.96. The molecule has 4 unspecified atom stereocenters. The second-order valence-corrected chi connectivity index (χ2v) is 10.4. The largest absolute Gasteiger partial charge is 0.498 e. The van der Waals surface area contributed by atoms with Gasteiger partial charge in [-0.3, -0.25) is 9.11 Å². The van der Waals surface area contributed by atoms with Crippen molar-refractivity contribution in [2.75, 3.05) is 0 Å². The molecule has 2 aliphatic carbocycles. The zero-order valence-corrected chi connectivity index (χ0v) is 12.7. The van der Waals surface area contributed by atoms with Crippen LogP contribution in [-0.4, -0.2) is 55.1 Å². The van der Waals surface area contributed by atoms with Gasteiger partial charge in [-0.05, 0) is 12.3 Å². The summed E-state index contributed by atoms with van der Waals surface area (Å²) in [5.74, 6) is -1.49. The maximum atomic E-state index is 12.8. The van der Waals surface area contributed by atoms with Gasteiger partial charge in [0, 0.05) is 0 Å². The first kappa shape index (κ1) is 17.7. The molecule has 2 N–H and O–H groups in total. The first-order valence-electron chi connectivity index (χ1n) is 5.48. The van der Waals surface area contributed by atoms with Crippen LogP contribution in [0.2, 0.25) is 0 Å². The highest BCUT2D eigenvalue weighted by Crippen LogP contribution is 2.55. The highest BCUT2D eigenvalue weighted by Gasteiger charge is 2.74. The summed E-state index contributed by atoms with van der Waals surface area (Å²) in [5.41, 5.74) is -5.87. The predicted octanol–water partition coefficient (Wildman–Crippen LogP) is -0.238. The van der Waals surface area contributed by atoms with Crippen LogP contribution in [0, 0.1) is 5.92 Å². The molecule has 22 heavy (non-hydrogen) atoms. The second-order valence-electron chi connectivity index (χ2n) is 5.05. The van der Waals surface area contributed by atoms with E-state index >= 15 is 0 Å². The summed E-state index contributed by atoms with van der Waals surface area (Å²) < 4.78 is 122. The lowest BCUT2D eigenvalue weighted by Gasteiger charge is -2.32. The molecule has 2 aliphatic rings. The first-order chi connectivity index (χ1) is 9.56. The third-order valence-electron chi connectivity index (χ3n) is 3.85. The Morgan fingerprint density at radius 1 is 1.00 bits per heavy atom. The van der Waals surface area contributed by atoms with Gasteiger partial charge in [0.1, 0.15) is 15.2 Å². The number of allylic oxidation sites excluding steroid dienone is 1. The number of hydrogen-bond donors (Lipinski definition) is 2. The molecule has 0 radical (unpaired) electrons. The van der Waals surface area contributed by atoms with Crippen molar-refractivity contribution in [2.24, 2.45) is 5.92 Å². The van der Waals surface area contributed by atoms with Gasteiger partial charge in [-0.1, -0.05) is 12.2 Å². The molecule has 0 amide bonds. The Balaban J connectivity index is 2.81. The minimum atomic E-state index is -6.17. The Morgan fingerprint density at radius 2 is 1.50 bits per heavy atom. The molecule has 0 aromatic carbocycles. The molecule has 8 nitrogen and oxygen atoms in total. The van der Waals surface area contributed by atoms with Gasteiger partial charge < -0.3 is 0 Å². The lowest BCUT2D eigenvalue weighted by molar-refractivity contribution is -0.0452. The van der Waals surface area contributed by atoms with Crippen LogP contribution in [0.5, 0.6) is 0 Å². The van der Waals surface area contributed by atoms with E-state index in [4.69, 9.17) is 9.11 Å². The van der Waals surface area contributed by atoms with Crippen LogP contribution >= 0.6 is 0 Å². The number of sulfone groups is 1. The van der Waals surface area contributed by atoms with Gasteiger partial charge in [-0.2, -0.15) is 30.0 Å². The molecule has 0 aromatic rings. The lowest BCUT2D eigenvalue weighted by atomic mass is 10.1. The lowest BCUT2D eigenvalue weighted by Crippen LogP contribution is -2.57. The molecule has 0 aliphatic heterocycles. The Kier molecular flexibility index (Phi) is 3.56. The summed E-state index contributed by atoms with van der Waals surface area (Å²) in [6.45, 7) is 0. The van der Waals surface area contributed by atoms with Crippen molar-refractivity contribution in [3.63, 3.8) is 0 Å². The number of rotatable bonds is 3. The maximum Gasteiger partial charge on any atom is 0.498 e. The van der Waals surface area contributed by atoms with E-state index in [1.165, 1.54) is 0 Å². The van der Waals surface area contributed by atoms with E-state index in [2.05, 4.69) is 0 Å². The molecule has 0 heterocycles. The Hall–Kier alpha value is -0.700. The van der Waals surface area contributed by atoms with Crippen LogP contribution in [0.15, 0.2) is 12.2 Å². The molecule has 0 aromatic heterocycles. The molecule has 0 saturated heterocycles. The number of alkyl halides is 3. The third kappa shape index (κ3) is 2.19. The number of hydrogen-bond acceptors (Lipinski definition) is 6. The molecular weight excluding hydrogens is 377 g/mol. The van der Waals surface area contributed by atoms with Crippen LogP contribution in [-0.2, 0) is 30.1 Å². The Labute approximate surface area is 123 Å². The number of fused-ring (bicyclic) bond motifs is 2. The van der Waals surface area contributed by atoms with Gasteiger partial charge >= 0.3 is 5.51 Å². The highest BCUT2D eigenvalue weighted by atomic mass is 32.2. The van der Waals surface area contributed by atoms with E-state index in [9.17, 15) is 38.4 Å². The minimum Gasteiger partial charge on any atom is -0.285 e. The topological polar surface area (TPSA) is 143 Å². The van der Waals surface area contributed by atoms with Crippen molar-refractivity contribution in [3.05, 3.63) is 12.2 Å². The van der Waals surface area contributed by atoms with E-state index in [0.29, 0.717) is 6.08 Å². The molecule has 1 saturated carbocycles. The van der Waals surface area contributed by atoms with E-state index in [0.717, 1.165) is 6.08 Å². The average molecular weight is 386 g/mol. The summed E-state index contributed by atoms with van der Waals surface area (Å²) in [4.78, 5) is 0. The quantitative estimate of drug-likeness (QED) is 0.500. The minimum absolute atomic E-state index is 0.417. The molecule has 14 heteroatoms. The van der Waals surface area contributed by atoms with Crippen LogP contribution in [0.1, 0.15) is 6.42 Å². The second kappa shape index (κ2) is 4.43. The van der Waals surface area contributed by atoms with Crippen LogP contribution in [0.25, 0.3) is 0 Å². The Morgan fingerprint density at radius 3 is 1.86 bits per heavy atom. The molecule has 2 rings (SSSR count). The summed E-state index contributed by atoms with van der Waals surface area (Å²) in [6.07, 6.45) is 0.174. The normalized spacial score (nSPS) is 36.0. The van der Waals surface area contributed by atoms with Gasteiger partial charge in [0.15, 0.2) is 0 Å². The SMILES string of the molecule is O=S(=O)(O)C1C2C=CC(S(=O)(=O)C(F)(F)F)(C2)C1S(=O)(=O)O. The van der Waals surface area contributed by atoms with Crippen molar-refractivity contribution < 1.29 is 47.5 Å². The third-order valence-corrected chi connectivity index (χ3v) is 9.01. The van der Waals surface area contributed by atoms with Gasteiger partial charge in [-0.15, -0.1) is 0 Å². The first-order valence-corrected chi connectivity index (χ1v) is 9.97. The molecule has 128 valence electrons. The van der Waals surface area contributed by atoms with Crippen molar-refractivity contribution in [2.45, 2.75) is 27.2 Å². The maximum absolute atomic E-state index is 12.8.